The Hall–Kier alpha value is -6.36. The van der Waals surface area contributed by atoms with Crippen LogP contribution in [0.25, 0.3) is 91.4 Å². The van der Waals surface area contributed by atoms with Crippen molar-refractivity contribution in [1.29, 1.82) is 0 Å². The van der Waals surface area contributed by atoms with Crippen LogP contribution in [0.3, 0.4) is 0 Å². The Balaban J connectivity index is 0.00000149. The normalized spacial score (nSPS) is 11.3. The minimum atomic E-state index is 0. The van der Waals surface area contributed by atoms with E-state index in [4.69, 9.17) is 39.9 Å². The fourth-order valence-electron chi connectivity index (χ4n) is 6.18. The van der Waals surface area contributed by atoms with E-state index in [0.717, 1.165) is 89.9 Å². The zero-order chi connectivity index (χ0) is 31.9. The van der Waals surface area contributed by atoms with Crippen LogP contribution in [-0.4, -0.2) is 40.9 Å². The summed E-state index contributed by atoms with van der Waals surface area (Å²) in [6, 6.07) is 31.5. The van der Waals surface area contributed by atoms with Crippen molar-refractivity contribution in [2.24, 2.45) is 0 Å². The summed E-state index contributed by atoms with van der Waals surface area (Å²) in [5, 5.41) is 0. The van der Waals surface area contributed by atoms with Crippen LogP contribution in [0.5, 0.6) is 0 Å². The van der Waals surface area contributed by atoms with Gasteiger partial charge in [0.1, 0.15) is 0 Å². The van der Waals surface area contributed by atoms with Crippen LogP contribution in [0.1, 0.15) is 22.8 Å². The average Bonchev–Trinajstić information content (AvgIpc) is 3.98. The van der Waals surface area contributed by atoms with Crippen LogP contribution in [-0.2, 0) is 17.1 Å². The van der Waals surface area contributed by atoms with Gasteiger partial charge in [-0.1, -0.05) is 48.5 Å². The van der Waals surface area contributed by atoms with Crippen molar-refractivity contribution in [1.82, 2.24) is 39.9 Å². The summed E-state index contributed by atoms with van der Waals surface area (Å²) >= 11 is 0. The SMILES string of the molecule is C1=Cc2nc1c(-c1ccccn1)c1ccc([n-]1)c(-c1ccccn1)c1nc(c(-c3ccccn3)c3ccc([n-]3)c2-c2ccccn2)C=C1.O.O.[Fe+2]. The average molecular weight is 709 g/mol. The predicted octanol–water partition coefficient (Wildman–Crippen LogP) is 6.51. The molecule has 51 heavy (non-hydrogen) atoms. The van der Waals surface area contributed by atoms with Crippen LogP contribution in [0.2, 0.25) is 0 Å². The molecule has 0 spiro atoms. The molecule has 2 aliphatic heterocycles. The minimum Gasteiger partial charge on any atom is -0.657 e. The van der Waals surface area contributed by atoms with Gasteiger partial charge in [-0.05, 0) is 72.8 Å². The van der Waals surface area contributed by atoms with Crippen molar-refractivity contribution in [2.75, 3.05) is 0 Å². The first-order chi connectivity index (χ1) is 23.8. The summed E-state index contributed by atoms with van der Waals surface area (Å²) in [5.41, 5.74) is 12.3. The molecule has 0 saturated carbocycles. The Kier molecular flexibility index (Phi) is 9.90. The second-order valence-electron chi connectivity index (χ2n) is 11.2. The van der Waals surface area contributed by atoms with Crippen molar-refractivity contribution in [3.63, 3.8) is 0 Å². The number of pyridine rings is 4. The Morgan fingerprint density at radius 3 is 0.804 bits per heavy atom. The molecule has 0 saturated heterocycles. The standard InChI is InChI=1S/C40H24N8.Fe.2H2O/c1-5-21-41-25(9-1)37-29-13-15-31(45-29)38(26-10-2-6-22-42-26)33-17-19-35(47-33)40(28-12-4-8-24-44-28)36-20-18-34(48-36)39(27-11-3-7-23-43-27)32-16-14-30(37)46-32;;;/h1-24H;;2*1H2/q-2;+2;;. The topological polar surface area (TPSA) is 169 Å². The minimum absolute atomic E-state index is 0. The van der Waals surface area contributed by atoms with Crippen molar-refractivity contribution in [3.8, 4) is 45.0 Å². The Bertz CT molecular complexity index is 2200. The van der Waals surface area contributed by atoms with E-state index < -0.39 is 0 Å². The molecule has 4 N–H and O–H groups in total. The van der Waals surface area contributed by atoms with E-state index in [9.17, 15) is 0 Å². The molecule has 0 aromatic carbocycles. The quantitative estimate of drug-likeness (QED) is 0.186. The molecule has 7 aromatic rings. The zero-order valence-electron chi connectivity index (χ0n) is 26.8. The second-order valence-corrected chi connectivity index (χ2v) is 11.2. The first-order valence-electron chi connectivity index (χ1n) is 15.5. The van der Waals surface area contributed by atoms with E-state index in [-0.39, 0.29) is 28.0 Å². The first kappa shape index (κ1) is 34.5. The molecule has 2 aliphatic rings. The molecule has 0 unspecified atom stereocenters. The van der Waals surface area contributed by atoms with Gasteiger partial charge in [0.25, 0.3) is 0 Å². The summed E-state index contributed by atoms with van der Waals surface area (Å²) in [5.74, 6) is 0. The smallest absolute Gasteiger partial charge is 0.657 e. The Morgan fingerprint density at radius 2 is 0.588 bits per heavy atom. The molecule has 0 atom stereocenters. The van der Waals surface area contributed by atoms with Gasteiger partial charge >= 0.3 is 17.1 Å². The van der Waals surface area contributed by atoms with Crippen molar-refractivity contribution >= 4 is 46.4 Å². The predicted molar refractivity (Wildman–Crippen MR) is 197 cm³/mol. The maximum atomic E-state index is 5.20. The molecule has 0 aliphatic carbocycles. The molecule has 0 radical (unpaired) electrons. The van der Waals surface area contributed by atoms with Crippen molar-refractivity contribution in [3.05, 3.63) is 145 Å². The van der Waals surface area contributed by atoms with Crippen molar-refractivity contribution in [2.45, 2.75) is 0 Å². The van der Waals surface area contributed by atoms with Gasteiger partial charge in [-0.15, -0.1) is 22.1 Å². The Labute approximate surface area is 302 Å². The number of hydrogen-bond acceptors (Lipinski definition) is 6. The van der Waals surface area contributed by atoms with Crippen LogP contribution >= 0.6 is 0 Å². The van der Waals surface area contributed by atoms with E-state index >= 15 is 0 Å². The van der Waals surface area contributed by atoms with E-state index in [1.165, 1.54) is 0 Å². The van der Waals surface area contributed by atoms with Gasteiger partial charge in [0.15, 0.2) is 0 Å². The number of fused-ring (bicyclic) bond motifs is 8. The molecule has 0 amide bonds. The number of hydrogen-bond donors (Lipinski definition) is 0. The number of nitrogens with zero attached hydrogens (tertiary/aromatic N) is 8. The maximum Gasteiger partial charge on any atom is 2.00 e. The third kappa shape index (κ3) is 6.29. The van der Waals surface area contributed by atoms with Gasteiger partial charge in [-0.3, -0.25) is 19.9 Å². The fourth-order valence-corrected chi connectivity index (χ4v) is 6.18. The summed E-state index contributed by atoms with van der Waals surface area (Å²) in [6.07, 6.45) is 15.2. The van der Waals surface area contributed by atoms with Gasteiger partial charge in [0, 0.05) is 47.0 Å². The molecular weight excluding hydrogens is 680 g/mol. The number of aromatic nitrogens is 8. The largest absolute Gasteiger partial charge is 2.00 e. The van der Waals surface area contributed by atoms with Gasteiger partial charge in [-0.2, -0.15) is 0 Å². The molecule has 248 valence electrons. The third-order valence-electron chi connectivity index (χ3n) is 8.29. The van der Waals surface area contributed by atoms with Crippen LogP contribution < -0.4 is 9.97 Å². The van der Waals surface area contributed by atoms with Gasteiger partial charge < -0.3 is 20.9 Å². The molecule has 8 bridgehead atoms. The van der Waals surface area contributed by atoms with Crippen LogP contribution in [0, 0.1) is 0 Å². The van der Waals surface area contributed by atoms with Gasteiger partial charge in [0.2, 0.25) is 0 Å². The van der Waals surface area contributed by atoms with E-state index in [1.54, 1.807) is 24.8 Å². The molecule has 9 heterocycles. The summed E-state index contributed by atoms with van der Waals surface area (Å²) < 4.78 is 0. The van der Waals surface area contributed by atoms with E-state index in [2.05, 4.69) is 0 Å². The molecule has 7 aromatic heterocycles. The molecule has 11 heteroatoms. The fraction of sp³-hybridized carbons (Fsp3) is 0. The van der Waals surface area contributed by atoms with Gasteiger partial charge in [0.05, 0.1) is 45.6 Å². The summed E-state index contributed by atoms with van der Waals surface area (Å²) in [6.45, 7) is 0. The summed E-state index contributed by atoms with van der Waals surface area (Å²) in [4.78, 5) is 39.7. The van der Waals surface area contributed by atoms with Crippen LogP contribution in [0.15, 0.2) is 122 Å². The second kappa shape index (κ2) is 14.6. The number of rotatable bonds is 4. The van der Waals surface area contributed by atoms with E-state index in [1.807, 2.05) is 121 Å². The van der Waals surface area contributed by atoms with E-state index in [0.29, 0.717) is 0 Å². The maximum absolute atomic E-state index is 5.20. The Morgan fingerprint density at radius 1 is 0.333 bits per heavy atom. The molecule has 10 nitrogen and oxygen atoms in total. The molecule has 0 fully saturated rings. The van der Waals surface area contributed by atoms with Crippen LogP contribution in [0.4, 0.5) is 0 Å². The molecular formula is C40H28FeN8O2. The third-order valence-corrected chi connectivity index (χ3v) is 8.29. The molecule has 9 rings (SSSR count). The van der Waals surface area contributed by atoms with Gasteiger partial charge in [-0.25, -0.2) is 9.97 Å². The summed E-state index contributed by atoms with van der Waals surface area (Å²) in [7, 11) is 0. The first-order valence-corrected chi connectivity index (χ1v) is 15.5. The zero-order valence-corrected chi connectivity index (χ0v) is 27.9. The monoisotopic (exact) mass is 708 g/mol. The van der Waals surface area contributed by atoms with Crippen molar-refractivity contribution < 1.29 is 28.0 Å².